The van der Waals surface area contributed by atoms with Crippen molar-refractivity contribution in [3.05, 3.63) is 41.5 Å². The molecular formula is C13H16N2O. The molecule has 1 amide bonds. The third-order valence-corrected chi connectivity index (χ3v) is 2.95. The Bertz CT molecular complexity index is 438. The molecule has 0 unspecified atom stereocenters. The molecular weight excluding hydrogens is 200 g/mol. The van der Waals surface area contributed by atoms with Gasteiger partial charge in [0.25, 0.3) is 5.91 Å². The Labute approximate surface area is 95.6 Å². The van der Waals surface area contributed by atoms with Gasteiger partial charge in [0.05, 0.1) is 0 Å². The molecule has 0 atom stereocenters. The van der Waals surface area contributed by atoms with Gasteiger partial charge in [0.15, 0.2) is 0 Å². The molecule has 1 aromatic rings. The van der Waals surface area contributed by atoms with Gasteiger partial charge in [-0.3, -0.25) is 4.79 Å². The number of nitrogen functional groups attached to an aromatic ring is 1. The van der Waals surface area contributed by atoms with Crippen LogP contribution in [0, 0.1) is 6.92 Å². The van der Waals surface area contributed by atoms with E-state index in [0.29, 0.717) is 12.2 Å². The van der Waals surface area contributed by atoms with Crippen LogP contribution in [0.1, 0.15) is 22.3 Å². The highest BCUT2D eigenvalue weighted by Crippen LogP contribution is 2.18. The summed E-state index contributed by atoms with van der Waals surface area (Å²) in [4.78, 5) is 14.1. The molecule has 1 aromatic carbocycles. The van der Waals surface area contributed by atoms with Gasteiger partial charge in [-0.1, -0.05) is 18.2 Å². The van der Waals surface area contributed by atoms with Crippen LogP contribution < -0.4 is 5.73 Å². The zero-order chi connectivity index (χ0) is 11.5. The van der Waals surface area contributed by atoms with E-state index in [1.807, 2.05) is 36.1 Å². The molecule has 1 heterocycles. The molecule has 2 rings (SSSR count). The maximum atomic E-state index is 12.2. The van der Waals surface area contributed by atoms with Gasteiger partial charge in [-0.2, -0.15) is 0 Å². The third-order valence-electron chi connectivity index (χ3n) is 2.95. The molecule has 0 saturated heterocycles. The van der Waals surface area contributed by atoms with Crippen molar-refractivity contribution >= 4 is 11.6 Å². The fraction of sp³-hybridized carbons (Fsp3) is 0.308. The van der Waals surface area contributed by atoms with Crippen molar-refractivity contribution in [2.24, 2.45) is 0 Å². The number of hydrogen-bond donors (Lipinski definition) is 1. The summed E-state index contributed by atoms with van der Waals surface area (Å²) in [6.45, 7) is 3.39. The first-order chi connectivity index (χ1) is 7.70. The van der Waals surface area contributed by atoms with E-state index in [9.17, 15) is 4.79 Å². The Morgan fingerprint density at radius 2 is 2.19 bits per heavy atom. The first-order valence-electron chi connectivity index (χ1n) is 5.49. The molecule has 2 N–H and O–H groups in total. The molecule has 0 spiro atoms. The van der Waals surface area contributed by atoms with Gasteiger partial charge in [-0.15, -0.1) is 0 Å². The molecule has 0 radical (unpaired) electrons. The van der Waals surface area contributed by atoms with E-state index in [1.54, 1.807) is 0 Å². The second-order valence-corrected chi connectivity index (χ2v) is 4.03. The van der Waals surface area contributed by atoms with Gasteiger partial charge in [-0.25, -0.2) is 0 Å². The SMILES string of the molecule is Cc1c(N)cccc1C(=O)N1CC=CCC1. The maximum Gasteiger partial charge on any atom is 0.254 e. The Hall–Kier alpha value is -1.77. The lowest BCUT2D eigenvalue weighted by Crippen LogP contribution is -2.34. The van der Waals surface area contributed by atoms with Crippen LogP contribution in [0.3, 0.4) is 0 Å². The van der Waals surface area contributed by atoms with Gasteiger partial charge in [0, 0.05) is 24.3 Å². The number of amides is 1. The van der Waals surface area contributed by atoms with Gasteiger partial charge < -0.3 is 10.6 Å². The van der Waals surface area contributed by atoms with Gasteiger partial charge >= 0.3 is 0 Å². The normalized spacial score (nSPS) is 15.2. The van der Waals surface area contributed by atoms with Crippen LogP contribution in [-0.4, -0.2) is 23.9 Å². The van der Waals surface area contributed by atoms with E-state index >= 15 is 0 Å². The number of anilines is 1. The smallest absolute Gasteiger partial charge is 0.254 e. The van der Waals surface area contributed by atoms with E-state index in [0.717, 1.165) is 24.1 Å². The average Bonchev–Trinajstić information content (AvgIpc) is 2.33. The van der Waals surface area contributed by atoms with Crippen molar-refractivity contribution in [3.63, 3.8) is 0 Å². The number of benzene rings is 1. The summed E-state index contributed by atoms with van der Waals surface area (Å²) in [5.74, 6) is 0.0779. The lowest BCUT2D eigenvalue weighted by molar-refractivity contribution is 0.0770. The Balaban J connectivity index is 2.26. The van der Waals surface area contributed by atoms with Crippen LogP contribution in [0.15, 0.2) is 30.4 Å². The molecule has 0 bridgehead atoms. The van der Waals surface area contributed by atoms with Crippen molar-refractivity contribution in [2.75, 3.05) is 18.8 Å². The van der Waals surface area contributed by atoms with E-state index in [1.165, 1.54) is 0 Å². The Morgan fingerprint density at radius 1 is 1.38 bits per heavy atom. The monoisotopic (exact) mass is 216 g/mol. The second-order valence-electron chi connectivity index (χ2n) is 4.03. The maximum absolute atomic E-state index is 12.2. The fourth-order valence-electron chi connectivity index (χ4n) is 1.88. The number of carbonyl (C=O) groups is 1. The number of hydrogen-bond acceptors (Lipinski definition) is 2. The molecule has 1 aliphatic rings. The topological polar surface area (TPSA) is 46.3 Å². The minimum absolute atomic E-state index is 0.0779. The molecule has 84 valence electrons. The van der Waals surface area contributed by atoms with Crippen LogP contribution in [0.25, 0.3) is 0 Å². The third kappa shape index (κ3) is 1.94. The predicted octanol–water partition coefficient (Wildman–Crippen LogP) is 1.98. The summed E-state index contributed by atoms with van der Waals surface area (Å²) in [6, 6.07) is 5.49. The average molecular weight is 216 g/mol. The zero-order valence-corrected chi connectivity index (χ0v) is 9.44. The van der Waals surface area contributed by atoms with Crippen LogP contribution >= 0.6 is 0 Å². The Morgan fingerprint density at radius 3 is 2.88 bits per heavy atom. The molecule has 0 fully saturated rings. The predicted molar refractivity (Wildman–Crippen MR) is 65.3 cm³/mol. The van der Waals surface area contributed by atoms with E-state index in [-0.39, 0.29) is 5.91 Å². The molecule has 16 heavy (non-hydrogen) atoms. The van der Waals surface area contributed by atoms with Crippen molar-refractivity contribution in [2.45, 2.75) is 13.3 Å². The Kier molecular flexibility index (Phi) is 2.95. The summed E-state index contributed by atoms with van der Waals surface area (Å²) in [6.07, 6.45) is 5.08. The first kappa shape index (κ1) is 10.7. The largest absolute Gasteiger partial charge is 0.398 e. The van der Waals surface area contributed by atoms with Crippen molar-refractivity contribution in [1.29, 1.82) is 0 Å². The van der Waals surface area contributed by atoms with Gasteiger partial charge in [-0.05, 0) is 31.0 Å². The molecule has 1 aliphatic heterocycles. The van der Waals surface area contributed by atoms with Crippen LogP contribution in [0.4, 0.5) is 5.69 Å². The summed E-state index contributed by atoms with van der Waals surface area (Å²) in [7, 11) is 0. The van der Waals surface area contributed by atoms with E-state index < -0.39 is 0 Å². The minimum atomic E-state index is 0.0779. The van der Waals surface area contributed by atoms with Gasteiger partial charge in [0.1, 0.15) is 0 Å². The molecule has 0 aliphatic carbocycles. The standard InChI is InChI=1S/C13H16N2O/c1-10-11(6-5-7-12(10)14)13(16)15-8-3-2-4-9-15/h2-3,5-7H,4,8-9,14H2,1H3. The first-order valence-corrected chi connectivity index (χ1v) is 5.49. The van der Waals surface area contributed by atoms with Gasteiger partial charge in [0.2, 0.25) is 0 Å². The van der Waals surface area contributed by atoms with Crippen LogP contribution in [0.2, 0.25) is 0 Å². The summed E-state index contributed by atoms with van der Waals surface area (Å²) >= 11 is 0. The zero-order valence-electron chi connectivity index (χ0n) is 9.44. The summed E-state index contributed by atoms with van der Waals surface area (Å²) in [5, 5.41) is 0. The number of carbonyl (C=O) groups excluding carboxylic acids is 1. The summed E-state index contributed by atoms with van der Waals surface area (Å²) < 4.78 is 0. The van der Waals surface area contributed by atoms with E-state index in [4.69, 9.17) is 5.73 Å². The molecule has 0 aromatic heterocycles. The van der Waals surface area contributed by atoms with Crippen molar-refractivity contribution in [1.82, 2.24) is 4.90 Å². The molecule has 0 saturated carbocycles. The molecule has 3 heteroatoms. The van der Waals surface area contributed by atoms with E-state index in [2.05, 4.69) is 6.08 Å². The van der Waals surface area contributed by atoms with Crippen molar-refractivity contribution in [3.8, 4) is 0 Å². The highest BCUT2D eigenvalue weighted by Gasteiger charge is 2.18. The molecule has 3 nitrogen and oxygen atoms in total. The lowest BCUT2D eigenvalue weighted by atomic mass is 10.1. The highest BCUT2D eigenvalue weighted by molar-refractivity contribution is 5.97. The second kappa shape index (κ2) is 4.39. The number of nitrogens with two attached hydrogens (primary N) is 1. The number of rotatable bonds is 1. The van der Waals surface area contributed by atoms with Crippen LogP contribution in [0.5, 0.6) is 0 Å². The number of nitrogens with zero attached hydrogens (tertiary/aromatic N) is 1. The fourth-order valence-corrected chi connectivity index (χ4v) is 1.88. The lowest BCUT2D eigenvalue weighted by Gasteiger charge is -2.24. The quantitative estimate of drug-likeness (QED) is 0.576. The highest BCUT2D eigenvalue weighted by atomic mass is 16.2. The van der Waals surface area contributed by atoms with Crippen molar-refractivity contribution < 1.29 is 4.79 Å². The minimum Gasteiger partial charge on any atom is -0.398 e. The summed E-state index contributed by atoms with van der Waals surface area (Å²) in [5.41, 5.74) is 8.08. The van der Waals surface area contributed by atoms with Crippen LogP contribution in [-0.2, 0) is 0 Å².